The Bertz CT molecular complexity index is 1430. The zero-order valence-electron chi connectivity index (χ0n) is 23.8. The Labute approximate surface area is 235 Å². The first kappa shape index (κ1) is 28.7. The molecule has 4 aromatic rings. The minimum atomic E-state index is -0.328. The van der Waals surface area contributed by atoms with E-state index in [1.165, 1.54) is 4.90 Å². The first-order valence-corrected chi connectivity index (χ1v) is 13.6. The molecule has 40 heavy (non-hydrogen) atoms. The topological polar surface area (TPSA) is 93.9 Å². The fourth-order valence-corrected chi connectivity index (χ4v) is 4.46. The van der Waals surface area contributed by atoms with Gasteiger partial charge in [0.25, 0.3) is 5.91 Å². The van der Waals surface area contributed by atoms with Gasteiger partial charge in [0.05, 0.1) is 31.0 Å². The van der Waals surface area contributed by atoms with Gasteiger partial charge in [-0.3, -0.25) is 9.59 Å². The van der Waals surface area contributed by atoms with Gasteiger partial charge in [-0.05, 0) is 55.7 Å². The number of nitrogens with one attached hydrogen (secondary N) is 1. The molecule has 210 valence electrons. The van der Waals surface area contributed by atoms with Crippen molar-refractivity contribution in [3.8, 4) is 5.75 Å². The van der Waals surface area contributed by atoms with Crippen LogP contribution >= 0.6 is 0 Å². The Hall–Kier alpha value is -4.33. The molecule has 8 nitrogen and oxygen atoms in total. The lowest BCUT2D eigenvalue weighted by molar-refractivity contribution is -0.143. The second kappa shape index (κ2) is 13.2. The SMILES string of the molecule is CCOC(=O)CCN(C)C(=O)c1ccc(NC(c2oc3ccc(OCc4ccccc4)cc3c2C)C(C)C)cn1. The van der Waals surface area contributed by atoms with Crippen molar-refractivity contribution in [3.63, 3.8) is 0 Å². The zero-order chi connectivity index (χ0) is 28.6. The quantitative estimate of drug-likeness (QED) is 0.203. The van der Waals surface area contributed by atoms with E-state index in [1.807, 2.05) is 54.6 Å². The number of benzene rings is 2. The van der Waals surface area contributed by atoms with Gasteiger partial charge >= 0.3 is 5.97 Å². The maximum absolute atomic E-state index is 12.7. The number of ether oxygens (including phenoxy) is 2. The molecule has 0 fully saturated rings. The number of hydrogen-bond acceptors (Lipinski definition) is 7. The Morgan fingerprint density at radius 3 is 2.52 bits per heavy atom. The highest BCUT2D eigenvalue weighted by molar-refractivity contribution is 5.92. The highest BCUT2D eigenvalue weighted by Crippen LogP contribution is 2.36. The summed E-state index contributed by atoms with van der Waals surface area (Å²) < 4.78 is 17.3. The van der Waals surface area contributed by atoms with E-state index < -0.39 is 0 Å². The third-order valence-corrected chi connectivity index (χ3v) is 6.75. The Kier molecular flexibility index (Phi) is 9.43. The number of rotatable bonds is 12. The monoisotopic (exact) mass is 543 g/mol. The van der Waals surface area contributed by atoms with E-state index >= 15 is 0 Å². The lowest BCUT2D eigenvalue weighted by Gasteiger charge is -2.22. The van der Waals surface area contributed by atoms with Crippen LogP contribution in [0.15, 0.2) is 71.3 Å². The molecule has 0 aliphatic rings. The summed E-state index contributed by atoms with van der Waals surface area (Å²) in [5.74, 6) is 1.27. The molecule has 1 unspecified atom stereocenters. The van der Waals surface area contributed by atoms with E-state index in [0.717, 1.165) is 39.3 Å². The van der Waals surface area contributed by atoms with E-state index in [0.29, 0.717) is 18.9 Å². The maximum atomic E-state index is 12.7. The molecule has 2 aromatic heterocycles. The number of hydrogen-bond donors (Lipinski definition) is 1. The van der Waals surface area contributed by atoms with Crippen LogP contribution < -0.4 is 10.1 Å². The molecule has 1 atom stereocenters. The second-order valence-corrected chi connectivity index (χ2v) is 10.1. The molecule has 2 heterocycles. The molecule has 0 aliphatic heterocycles. The zero-order valence-corrected chi connectivity index (χ0v) is 23.8. The average molecular weight is 544 g/mol. The lowest BCUT2D eigenvalue weighted by Crippen LogP contribution is -2.30. The number of aryl methyl sites for hydroxylation is 1. The highest BCUT2D eigenvalue weighted by atomic mass is 16.5. The summed E-state index contributed by atoms with van der Waals surface area (Å²) >= 11 is 0. The van der Waals surface area contributed by atoms with Gasteiger partial charge in [0.1, 0.15) is 29.4 Å². The predicted molar refractivity (Wildman–Crippen MR) is 155 cm³/mol. The molecule has 0 radical (unpaired) electrons. The normalized spacial score (nSPS) is 11.8. The number of furan rings is 1. The molecule has 0 saturated carbocycles. The number of amides is 1. The van der Waals surface area contributed by atoms with Crippen LogP contribution in [0.2, 0.25) is 0 Å². The molecule has 0 bridgehead atoms. The van der Waals surface area contributed by atoms with Gasteiger partial charge in [0, 0.05) is 24.5 Å². The molecule has 1 N–H and O–H groups in total. The minimum absolute atomic E-state index is 0.114. The van der Waals surface area contributed by atoms with Gasteiger partial charge in [0.15, 0.2) is 0 Å². The fourth-order valence-electron chi connectivity index (χ4n) is 4.46. The summed E-state index contributed by atoms with van der Waals surface area (Å²) in [6.45, 7) is 9.15. The first-order chi connectivity index (χ1) is 19.3. The fraction of sp³-hybridized carbons (Fsp3) is 0.344. The molecule has 0 saturated heterocycles. The largest absolute Gasteiger partial charge is 0.489 e. The number of carbonyl (C=O) groups is 2. The van der Waals surface area contributed by atoms with Crippen LogP contribution in [0.1, 0.15) is 60.6 Å². The van der Waals surface area contributed by atoms with Crippen LogP contribution in [0, 0.1) is 12.8 Å². The van der Waals surface area contributed by atoms with Gasteiger partial charge < -0.3 is 24.1 Å². The van der Waals surface area contributed by atoms with Crippen LogP contribution in [0.3, 0.4) is 0 Å². The van der Waals surface area contributed by atoms with Crippen LogP contribution in [0.25, 0.3) is 11.0 Å². The van der Waals surface area contributed by atoms with E-state index in [9.17, 15) is 9.59 Å². The molecular formula is C32H37N3O5. The van der Waals surface area contributed by atoms with Crippen molar-refractivity contribution < 1.29 is 23.5 Å². The van der Waals surface area contributed by atoms with Crippen molar-refractivity contribution in [1.29, 1.82) is 0 Å². The standard InChI is InChI=1S/C32H37N3O5/c1-6-38-29(36)16-17-35(5)32(37)27-14-12-24(19-33-27)34-30(21(2)3)31-22(4)26-18-25(13-15-28(26)40-31)39-20-23-10-8-7-9-11-23/h7-15,18-19,21,30,34H,6,16-17,20H2,1-5H3. The van der Waals surface area contributed by atoms with Gasteiger partial charge in [-0.25, -0.2) is 4.98 Å². The van der Waals surface area contributed by atoms with E-state index in [1.54, 1.807) is 26.2 Å². The number of esters is 1. The van der Waals surface area contributed by atoms with E-state index in [-0.39, 0.29) is 36.8 Å². The molecular weight excluding hydrogens is 506 g/mol. The number of carbonyl (C=O) groups excluding carboxylic acids is 2. The van der Waals surface area contributed by atoms with Crippen molar-refractivity contribution in [3.05, 3.63) is 89.4 Å². The van der Waals surface area contributed by atoms with Crippen LogP contribution in [-0.4, -0.2) is 42.0 Å². The highest BCUT2D eigenvalue weighted by Gasteiger charge is 2.24. The van der Waals surface area contributed by atoms with Crippen LogP contribution in [0.4, 0.5) is 5.69 Å². The van der Waals surface area contributed by atoms with Crippen LogP contribution in [0.5, 0.6) is 5.75 Å². The summed E-state index contributed by atoms with van der Waals surface area (Å²) in [4.78, 5) is 30.2. The van der Waals surface area contributed by atoms with Gasteiger partial charge in [0.2, 0.25) is 0 Å². The molecule has 0 aliphatic carbocycles. The second-order valence-electron chi connectivity index (χ2n) is 10.1. The molecule has 4 rings (SSSR count). The number of nitrogens with zero attached hydrogens (tertiary/aromatic N) is 2. The van der Waals surface area contributed by atoms with Gasteiger partial charge in [-0.1, -0.05) is 44.2 Å². The number of fused-ring (bicyclic) bond motifs is 1. The number of anilines is 1. The summed E-state index contributed by atoms with van der Waals surface area (Å²) in [7, 11) is 1.65. The molecule has 2 aromatic carbocycles. The van der Waals surface area contributed by atoms with Gasteiger partial charge in [-0.2, -0.15) is 0 Å². The van der Waals surface area contributed by atoms with E-state index in [4.69, 9.17) is 13.9 Å². The molecule has 8 heteroatoms. The van der Waals surface area contributed by atoms with Crippen molar-refractivity contribution in [2.24, 2.45) is 5.92 Å². The maximum Gasteiger partial charge on any atom is 0.307 e. The third-order valence-electron chi connectivity index (χ3n) is 6.75. The lowest BCUT2D eigenvalue weighted by atomic mass is 9.98. The average Bonchev–Trinajstić information content (AvgIpc) is 3.29. The third kappa shape index (κ3) is 7.00. The number of pyridine rings is 1. The molecule has 0 spiro atoms. The Morgan fingerprint density at radius 1 is 1.07 bits per heavy atom. The summed E-state index contributed by atoms with van der Waals surface area (Å²) in [6, 6.07) is 19.4. The van der Waals surface area contributed by atoms with Crippen molar-refractivity contribution >= 4 is 28.5 Å². The minimum Gasteiger partial charge on any atom is -0.489 e. The Balaban J connectivity index is 1.45. The first-order valence-electron chi connectivity index (χ1n) is 13.6. The molecule has 1 amide bonds. The Morgan fingerprint density at radius 2 is 1.85 bits per heavy atom. The summed E-state index contributed by atoms with van der Waals surface area (Å²) in [5, 5.41) is 4.55. The van der Waals surface area contributed by atoms with Crippen molar-refractivity contribution in [2.75, 3.05) is 25.5 Å². The van der Waals surface area contributed by atoms with Gasteiger partial charge in [-0.15, -0.1) is 0 Å². The summed E-state index contributed by atoms with van der Waals surface area (Å²) in [5.41, 5.74) is 4.05. The summed E-state index contributed by atoms with van der Waals surface area (Å²) in [6.07, 6.45) is 1.79. The predicted octanol–water partition coefficient (Wildman–Crippen LogP) is 6.55. The van der Waals surface area contributed by atoms with E-state index in [2.05, 4.69) is 31.1 Å². The smallest absolute Gasteiger partial charge is 0.307 e. The van der Waals surface area contributed by atoms with Crippen LogP contribution in [-0.2, 0) is 16.1 Å². The number of aromatic nitrogens is 1. The van der Waals surface area contributed by atoms with Crippen molar-refractivity contribution in [2.45, 2.75) is 46.8 Å². The van der Waals surface area contributed by atoms with Crippen molar-refractivity contribution in [1.82, 2.24) is 9.88 Å².